The van der Waals surface area contributed by atoms with Crippen molar-refractivity contribution in [1.82, 2.24) is 4.90 Å². The van der Waals surface area contributed by atoms with Crippen molar-refractivity contribution in [3.05, 3.63) is 29.6 Å². The fourth-order valence-electron chi connectivity index (χ4n) is 2.61. The molecule has 1 aromatic carbocycles. The molecule has 0 spiro atoms. The van der Waals surface area contributed by atoms with E-state index < -0.39 is 5.82 Å². The number of phenolic OH excluding ortho intramolecular Hbond substituents is 1. The number of benzene rings is 1. The van der Waals surface area contributed by atoms with E-state index in [4.69, 9.17) is 9.47 Å². The Balaban J connectivity index is 2.14. The Kier molecular flexibility index (Phi) is 4.39. The maximum absolute atomic E-state index is 13.0. The highest BCUT2D eigenvalue weighted by molar-refractivity contribution is 5.35. The molecule has 1 aromatic rings. The molecule has 1 heterocycles. The van der Waals surface area contributed by atoms with Gasteiger partial charge in [0.05, 0.1) is 12.2 Å². The lowest BCUT2D eigenvalue weighted by atomic mass is 10.1. The molecule has 1 aliphatic heterocycles. The highest BCUT2D eigenvalue weighted by Crippen LogP contribution is 2.32. The lowest BCUT2D eigenvalue weighted by Gasteiger charge is -2.25. The highest BCUT2D eigenvalue weighted by Gasteiger charge is 2.36. The van der Waals surface area contributed by atoms with Gasteiger partial charge >= 0.3 is 0 Å². The predicted octanol–water partition coefficient (Wildman–Crippen LogP) is 1.94. The molecule has 1 aliphatic rings. The largest absolute Gasteiger partial charge is 0.508 e. The van der Waals surface area contributed by atoms with Crippen LogP contribution in [0, 0.1) is 5.82 Å². The molecule has 5 heteroatoms. The first-order valence-corrected chi connectivity index (χ1v) is 6.35. The quantitative estimate of drug-likeness (QED) is 0.907. The minimum absolute atomic E-state index is 0.0117. The van der Waals surface area contributed by atoms with Crippen molar-refractivity contribution in [3.8, 4) is 5.75 Å². The zero-order chi connectivity index (χ0) is 14.0. The SMILES string of the molecule is COC1CN(C(C)c2ccc(F)cc2O)CC1OC. The molecule has 1 fully saturated rings. The van der Waals surface area contributed by atoms with Crippen LogP contribution >= 0.6 is 0 Å². The molecule has 106 valence electrons. The fourth-order valence-corrected chi connectivity index (χ4v) is 2.61. The smallest absolute Gasteiger partial charge is 0.126 e. The van der Waals surface area contributed by atoms with E-state index in [1.54, 1.807) is 20.3 Å². The minimum Gasteiger partial charge on any atom is -0.508 e. The van der Waals surface area contributed by atoms with Crippen LogP contribution in [0.2, 0.25) is 0 Å². The predicted molar refractivity (Wildman–Crippen MR) is 69.6 cm³/mol. The van der Waals surface area contributed by atoms with Crippen molar-refractivity contribution in [3.63, 3.8) is 0 Å². The number of likely N-dealkylation sites (tertiary alicyclic amines) is 1. The number of hydrogen-bond acceptors (Lipinski definition) is 4. The third-order valence-electron chi connectivity index (χ3n) is 3.84. The third kappa shape index (κ3) is 2.88. The van der Waals surface area contributed by atoms with Crippen LogP contribution in [0.1, 0.15) is 18.5 Å². The van der Waals surface area contributed by atoms with Gasteiger partial charge in [-0.25, -0.2) is 4.39 Å². The van der Waals surface area contributed by atoms with E-state index in [1.165, 1.54) is 6.07 Å². The van der Waals surface area contributed by atoms with Gasteiger partial charge in [0.1, 0.15) is 11.6 Å². The van der Waals surface area contributed by atoms with E-state index in [0.29, 0.717) is 5.56 Å². The Hall–Kier alpha value is -1.17. The summed E-state index contributed by atoms with van der Waals surface area (Å²) in [5.74, 6) is -0.443. The lowest BCUT2D eigenvalue weighted by molar-refractivity contribution is -0.00461. The molecule has 1 N–H and O–H groups in total. The summed E-state index contributed by atoms with van der Waals surface area (Å²) in [6.07, 6.45) is 0.0464. The summed E-state index contributed by atoms with van der Waals surface area (Å²) < 4.78 is 23.8. The number of phenols is 1. The average molecular weight is 269 g/mol. The number of nitrogens with zero attached hydrogens (tertiary/aromatic N) is 1. The van der Waals surface area contributed by atoms with Gasteiger partial charge in [0, 0.05) is 45.0 Å². The van der Waals surface area contributed by atoms with Gasteiger partial charge in [0.25, 0.3) is 0 Å². The summed E-state index contributed by atoms with van der Waals surface area (Å²) in [7, 11) is 3.33. The molecule has 3 unspecified atom stereocenters. The summed E-state index contributed by atoms with van der Waals surface area (Å²) in [5, 5.41) is 9.84. The second-order valence-corrected chi connectivity index (χ2v) is 4.88. The van der Waals surface area contributed by atoms with Crippen molar-refractivity contribution in [1.29, 1.82) is 0 Å². The molecule has 0 saturated carbocycles. The van der Waals surface area contributed by atoms with Crippen LogP contribution in [-0.2, 0) is 9.47 Å². The maximum atomic E-state index is 13.0. The van der Waals surface area contributed by atoms with Crippen molar-refractivity contribution in [2.45, 2.75) is 25.2 Å². The molecule has 3 atom stereocenters. The molecule has 19 heavy (non-hydrogen) atoms. The van der Waals surface area contributed by atoms with Crippen LogP contribution < -0.4 is 0 Å². The third-order valence-corrected chi connectivity index (χ3v) is 3.84. The molecule has 0 aliphatic carbocycles. The van der Waals surface area contributed by atoms with Gasteiger partial charge in [0.2, 0.25) is 0 Å². The van der Waals surface area contributed by atoms with Crippen LogP contribution in [0.15, 0.2) is 18.2 Å². The molecular formula is C14H20FNO3. The molecule has 4 nitrogen and oxygen atoms in total. The van der Waals surface area contributed by atoms with Crippen LogP contribution in [0.3, 0.4) is 0 Å². The van der Waals surface area contributed by atoms with Gasteiger partial charge in [0.15, 0.2) is 0 Å². The Labute approximate surface area is 112 Å². The summed E-state index contributed by atoms with van der Waals surface area (Å²) in [6, 6.07) is 4.11. The summed E-state index contributed by atoms with van der Waals surface area (Å²) >= 11 is 0. The highest BCUT2D eigenvalue weighted by atomic mass is 19.1. The first kappa shape index (κ1) is 14.2. The van der Waals surface area contributed by atoms with Crippen molar-refractivity contribution in [2.24, 2.45) is 0 Å². The molecule has 1 saturated heterocycles. The van der Waals surface area contributed by atoms with E-state index >= 15 is 0 Å². The Morgan fingerprint density at radius 2 is 1.84 bits per heavy atom. The van der Waals surface area contributed by atoms with E-state index in [-0.39, 0.29) is 24.0 Å². The fraction of sp³-hybridized carbons (Fsp3) is 0.571. The van der Waals surface area contributed by atoms with Crippen molar-refractivity contribution < 1.29 is 19.0 Å². The normalized spacial score (nSPS) is 25.7. The van der Waals surface area contributed by atoms with E-state index in [2.05, 4.69) is 4.90 Å². The van der Waals surface area contributed by atoms with Crippen LogP contribution in [0.4, 0.5) is 4.39 Å². The Bertz CT molecular complexity index is 429. The summed E-state index contributed by atoms with van der Waals surface area (Å²) in [6.45, 7) is 3.44. The Morgan fingerprint density at radius 1 is 1.26 bits per heavy atom. The maximum Gasteiger partial charge on any atom is 0.126 e. The number of aromatic hydroxyl groups is 1. The van der Waals surface area contributed by atoms with Crippen molar-refractivity contribution in [2.75, 3.05) is 27.3 Å². The number of rotatable bonds is 4. The van der Waals surface area contributed by atoms with Gasteiger partial charge in [-0.3, -0.25) is 4.90 Å². The van der Waals surface area contributed by atoms with Gasteiger partial charge < -0.3 is 14.6 Å². The first-order valence-electron chi connectivity index (χ1n) is 6.35. The van der Waals surface area contributed by atoms with Gasteiger partial charge in [-0.1, -0.05) is 6.07 Å². The second kappa shape index (κ2) is 5.86. The number of halogens is 1. The summed E-state index contributed by atoms with van der Waals surface area (Å²) in [5.41, 5.74) is 0.716. The van der Waals surface area contributed by atoms with Gasteiger partial charge in [-0.2, -0.15) is 0 Å². The molecule has 0 bridgehead atoms. The second-order valence-electron chi connectivity index (χ2n) is 4.88. The molecular weight excluding hydrogens is 249 g/mol. The zero-order valence-corrected chi connectivity index (χ0v) is 11.5. The monoisotopic (exact) mass is 269 g/mol. The molecule has 0 aromatic heterocycles. The topological polar surface area (TPSA) is 41.9 Å². The van der Waals surface area contributed by atoms with Crippen molar-refractivity contribution >= 4 is 0 Å². The van der Waals surface area contributed by atoms with Crippen LogP contribution in [0.25, 0.3) is 0 Å². The first-order chi connectivity index (χ1) is 9.06. The van der Waals surface area contributed by atoms with Crippen LogP contribution in [0.5, 0.6) is 5.75 Å². The number of hydrogen-bond donors (Lipinski definition) is 1. The molecule has 2 rings (SSSR count). The average Bonchev–Trinajstić information content (AvgIpc) is 2.81. The zero-order valence-electron chi connectivity index (χ0n) is 11.5. The van der Waals surface area contributed by atoms with E-state index in [1.807, 2.05) is 6.92 Å². The van der Waals surface area contributed by atoms with E-state index in [9.17, 15) is 9.50 Å². The Morgan fingerprint density at radius 3 is 2.32 bits per heavy atom. The molecule has 0 amide bonds. The summed E-state index contributed by atoms with van der Waals surface area (Å²) in [4.78, 5) is 2.16. The minimum atomic E-state index is -0.431. The van der Waals surface area contributed by atoms with Crippen LogP contribution in [-0.4, -0.2) is 49.5 Å². The lowest BCUT2D eigenvalue weighted by Crippen LogP contribution is -2.27. The number of ether oxygens (including phenoxy) is 2. The number of methoxy groups -OCH3 is 2. The van der Waals surface area contributed by atoms with E-state index in [0.717, 1.165) is 19.2 Å². The van der Waals surface area contributed by atoms with Gasteiger partial charge in [-0.15, -0.1) is 0 Å². The van der Waals surface area contributed by atoms with Gasteiger partial charge in [-0.05, 0) is 13.0 Å². The standard InChI is InChI=1S/C14H20FNO3/c1-9(11-5-4-10(15)6-12(11)17)16-7-13(18-2)14(8-16)19-3/h4-6,9,13-14,17H,7-8H2,1-3H3. The molecule has 0 radical (unpaired) electrons.